The Morgan fingerprint density at radius 1 is 1.24 bits per heavy atom. The van der Waals surface area contributed by atoms with Crippen LogP contribution in [-0.4, -0.2) is 20.7 Å². The van der Waals surface area contributed by atoms with Gasteiger partial charge in [-0.25, -0.2) is 0 Å². The second kappa shape index (κ2) is 7.68. The monoisotopic (exact) mass is 364 g/mol. The molecule has 25 heavy (non-hydrogen) atoms. The fraction of sp³-hybridized carbons (Fsp3) is 0.864. The number of rotatable bonds is 5. The molecule has 2 aliphatic carbocycles. The summed E-state index contributed by atoms with van der Waals surface area (Å²) in [6.45, 7) is 19.5. The van der Waals surface area contributed by atoms with Crippen LogP contribution in [0.2, 0.25) is 18.1 Å². The highest BCUT2D eigenvalue weighted by atomic mass is 28.4. The van der Waals surface area contributed by atoms with Crippen molar-refractivity contribution in [3.63, 3.8) is 0 Å². The molecular weight excluding hydrogens is 324 g/mol. The number of fused-ring (bicyclic) bond motifs is 1. The highest BCUT2D eigenvalue weighted by Gasteiger charge is 2.43. The summed E-state index contributed by atoms with van der Waals surface area (Å²) < 4.78 is 6.65. The van der Waals surface area contributed by atoms with Crippen LogP contribution in [-0.2, 0) is 9.22 Å². The second-order valence-corrected chi connectivity index (χ2v) is 15.3. The molecule has 0 amide bonds. The van der Waals surface area contributed by atoms with Crippen molar-refractivity contribution in [1.29, 1.82) is 0 Å². The first kappa shape index (κ1) is 20.9. The molecule has 0 heterocycles. The largest absolute Gasteiger partial charge is 0.417 e. The zero-order valence-corrected chi connectivity index (χ0v) is 18.8. The van der Waals surface area contributed by atoms with Crippen LogP contribution in [0.4, 0.5) is 0 Å². The van der Waals surface area contributed by atoms with Crippen LogP contribution < -0.4 is 0 Å². The quantitative estimate of drug-likeness (QED) is 0.427. The Kier molecular flexibility index (Phi) is 6.42. The molecule has 2 rings (SSSR count). The first-order chi connectivity index (χ1) is 11.4. The van der Waals surface area contributed by atoms with Crippen molar-refractivity contribution >= 4 is 14.1 Å². The van der Waals surface area contributed by atoms with Crippen molar-refractivity contribution in [3.8, 4) is 0 Å². The topological polar surface area (TPSA) is 26.3 Å². The number of hydrogen-bond donors (Lipinski definition) is 0. The van der Waals surface area contributed by atoms with Crippen molar-refractivity contribution in [2.45, 2.75) is 85.4 Å². The Morgan fingerprint density at radius 3 is 2.44 bits per heavy atom. The smallest absolute Gasteiger partial charge is 0.191 e. The van der Waals surface area contributed by atoms with E-state index in [1.165, 1.54) is 5.57 Å². The summed E-state index contributed by atoms with van der Waals surface area (Å²) in [4.78, 5) is 12.1. The molecule has 3 heteroatoms. The van der Waals surface area contributed by atoms with E-state index >= 15 is 0 Å². The average molecular weight is 365 g/mol. The fourth-order valence-corrected chi connectivity index (χ4v) is 5.53. The number of ketones is 1. The maximum Gasteiger partial charge on any atom is 0.191 e. The molecule has 0 bridgehead atoms. The Labute approximate surface area is 156 Å². The third-order valence-corrected chi connectivity index (χ3v) is 11.7. The number of Topliss-reactive ketones (excluding diaryl/α,β-unsaturated/α-hetero) is 1. The van der Waals surface area contributed by atoms with E-state index < -0.39 is 8.32 Å². The van der Waals surface area contributed by atoms with Gasteiger partial charge in [0.05, 0.1) is 0 Å². The lowest BCUT2D eigenvalue weighted by Crippen LogP contribution is -2.45. The molecule has 2 aliphatic rings. The Balaban J connectivity index is 2.18. The molecule has 0 aromatic carbocycles. The number of allylic oxidation sites excluding steroid dienone is 2. The van der Waals surface area contributed by atoms with Gasteiger partial charge in [-0.15, -0.1) is 0 Å². The summed E-state index contributed by atoms with van der Waals surface area (Å²) in [7, 11) is -1.73. The van der Waals surface area contributed by atoms with Crippen molar-refractivity contribution in [1.82, 2.24) is 0 Å². The van der Waals surface area contributed by atoms with E-state index in [-0.39, 0.29) is 5.04 Å². The van der Waals surface area contributed by atoms with Crippen LogP contribution in [0.25, 0.3) is 0 Å². The average Bonchev–Trinajstić information content (AvgIpc) is 2.46. The maximum absolute atomic E-state index is 12.1. The summed E-state index contributed by atoms with van der Waals surface area (Å²) in [6.07, 6.45) is 6.26. The second-order valence-electron chi connectivity index (χ2n) is 10.5. The molecule has 0 spiro atoms. The van der Waals surface area contributed by atoms with Crippen LogP contribution in [0.1, 0.15) is 67.2 Å². The number of carbonyl (C=O) groups is 1. The Morgan fingerprint density at radius 2 is 1.88 bits per heavy atom. The molecule has 0 radical (unpaired) electrons. The SMILES string of the molecule is CC1=C[C@@H]2CCC(=O)C[C@@H]2[C@H]([C@@H](CO[Si](C)(C)C(C)(C)C)C(C)C)C1. The van der Waals surface area contributed by atoms with Gasteiger partial charge in [-0.05, 0) is 67.5 Å². The zero-order valence-electron chi connectivity index (χ0n) is 17.8. The molecule has 4 atom stereocenters. The van der Waals surface area contributed by atoms with Crippen molar-refractivity contribution in [2.75, 3.05) is 6.61 Å². The molecule has 1 saturated carbocycles. The summed E-state index contributed by atoms with van der Waals surface area (Å²) in [5.74, 6) is 3.39. The summed E-state index contributed by atoms with van der Waals surface area (Å²) in [6, 6.07) is 0. The Bertz CT molecular complexity index is 513. The predicted molar refractivity (Wildman–Crippen MR) is 109 cm³/mol. The number of carbonyl (C=O) groups excluding carboxylic acids is 1. The third kappa shape index (κ3) is 4.85. The lowest BCUT2D eigenvalue weighted by molar-refractivity contribution is -0.123. The van der Waals surface area contributed by atoms with E-state index in [0.717, 1.165) is 32.3 Å². The van der Waals surface area contributed by atoms with Gasteiger partial charge in [0.1, 0.15) is 5.78 Å². The molecule has 1 fully saturated rings. The van der Waals surface area contributed by atoms with Crippen molar-refractivity contribution in [3.05, 3.63) is 11.6 Å². The molecule has 0 aliphatic heterocycles. The van der Waals surface area contributed by atoms with E-state index in [4.69, 9.17) is 4.43 Å². The standard InChI is InChI=1S/C22H40O2Si/c1-15(2)21(14-24-25(7,8)22(4,5)6)20-12-16(3)11-17-9-10-18(23)13-19(17)20/h11,15,17,19-21H,9-10,12-14H2,1-8H3/t17-,19-,20+,21-/m0/s1. The van der Waals surface area contributed by atoms with E-state index in [9.17, 15) is 4.79 Å². The predicted octanol–water partition coefficient (Wildman–Crippen LogP) is 6.23. The first-order valence-corrected chi connectivity index (χ1v) is 13.2. The van der Waals surface area contributed by atoms with Crippen LogP contribution in [0.3, 0.4) is 0 Å². The summed E-state index contributed by atoms with van der Waals surface area (Å²) >= 11 is 0. The van der Waals surface area contributed by atoms with Crippen molar-refractivity contribution in [2.24, 2.45) is 29.6 Å². The highest BCUT2D eigenvalue weighted by molar-refractivity contribution is 6.74. The molecule has 2 nitrogen and oxygen atoms in total. The van der Waals surface area contributed by atoms with Gasteiger partial charge in [0, 0.05) is 19.4 Å². The molecule has 0 unspecified atom stereocenters. The minimum Gasteiger partial charge on any atom is -0.417 e. The summed E-state index contributed by atoms with van der Waals surface area (Å²) in [5, 5.41) is 0.250. The molecular formula is C22H40O2Si. The fourth-order valence-electron chi connectivity index (χ4n) is 4.49. The van der Waals surface area contributed by atoms with E-state index in [1.807, 2.05) is 0 Å². The minimum atomic E-state index is -1.73. The van der Waals surface area contributed by atoms with Gasteiger partial charge in [-0.3, -0.25) is 4.79 Å². The zero-order chi connectivity index (χ0) is 19.0. The van der Waals surface area contributed by atoms with Gasteiger partial charge in [-0.2, -0.15) is 0 Å². The molecule has 0 saturated heterocycles. The van der Waals surface area contributed by atoms with Crippen LogP contribution in [0.15, 0.2) is 11.6 Å². The van der Waals surface area contributed by atoms with Gasteiger partial charge in [0.15, 0.2) is 8.32 Å². The highest BCUT2D eigenvalue weighted by Crippen LogP contribution is 2.47. The summed E-state index contributed by atoms with van der Waals surface area (Å²) in [5.41, 5.74) is 1.53. The van der Waals surface area contributed by atoms with Crippen LogP contribution >= 0.6 is 0 Å². The molecule has 0 aromatic heterocycles. The number of hydrogen-bond acceptors (Lipinski definition) is 2. The van der Waals surface area contributed by atoms with E-state index in [0.29, 0.717) is 35.4 Å². The minimum absolute atomic E-state index is 0.250. The Hall–Kier alpha value is -0.413. The van der Waals surface area contributed by atoms with Gasteiger partial charge in [0.2, 0.25) is 0 Å². The van der Waals surface area contributed by atoms with E-state index in [2.05, 4.69) is 60.7 Å². The third-order valence-electron chi connectivity index (χ3n) is 7.23. The van der Waals surface area contributed by atoms with Gasteiger partial charge >= 0.3 is 0 Å². The molecule has 0 aromatic rings. The van der Waals surface area contributed by atoms with E-state index in [1.54, 1.807) is 0 Å². The molecule has 144 valence electrons. The van der Waals surface area contributed by atoms with Crippen molar-refractivity contribution < 1.29 is 9.22 Å². The van der Waals surface area contributed by atoms with Crippen LogP contribution in [0.5, 0.6) is 0 Å². The van der Waals surface area contributed by atoms with Gasteiger partial charge in [-0.1, -0.05) is 46.3 Å². The lowest BCUT2D eigenvalue weighted by Gasteiger charge is -2.45. The van der Waals surface area contributed by atoms with Crippen LogP contribution in [0, 0.1) is 29.6 Å². The lowest BCUT2D eigenvalue weighted by atomic mass is 9.61. The van der Waals surface area contributed by atoms with Gasteiger partial charge in [0.25, 0.3) is 0 Å². The molecule has 0 N–H and O–H groups in total. The van der Waals surface area contributed by atoms with Gasteiger partial charge < -0.3 is 4.43 Å². The maximum atomic E-state index is 12.1. The first-order valence-electron chi connectivity index (χ1n) is 10.3. The normalized spacial score (nSPS) is 29.4.